The Morgan fingerprint density at radius 1 is 0.439 bits per heavy atom. The van der Waals surface area contributed by atoms with Gasteiger partial charge in [-0.3, -0.25) is 18.4 Å². The summed E-state index contributed by atoms with van der Waals surface area (Å²) in [5, 5.41) is 8.68. The van der Waals surface area contributed by atoms with Crippen LogP contribution in [0.3, 0.4) is 0 Å². The summed E-state index contributed by atoms with van der Waals surface area (Å²) in [5.74, 6) is 1.20. The van der Waals surface area contributed by atoms with Crippen molar-refractivity contribution in [3.05, 3.63) is 100 Å². The highest BCUT2D eigenvalue weighted by Gasteiger charge is 2.30. The number of rotatable bonds is 16. The lowest BCUT2D eigenvalue weighted by molar-refractivity contribution is 0.259. The Balaban J connectivity index is 1.14. The molecule has 0 aliphatic rings. The molecule has 0 spiro atoms. The van der Waals surface area contributed by atoms with Gasteiger partial charge in [-0.1, -0.05) is 124 Å². The van der Waals surface area contributed by atoms with Crippen LogP contribution in [0.1, 0.15) is 102 Å². The van der Waals surface area contributed by atoms with E-state index in [1.54, 1.807) is 20.9 Å². The summed E-state index contributed by atoms with van der Waals surface area (Å²) in [4.78, 5) is 39.9. The minimum absolute atomic E-state index is 0.241. The van der Waals surface area contributed by atoms with E-state index in [0.29, 0.717) is 143 Å². The van der Waals surface area contributed by atoms with Gasteiger partial charge in [0.15, 0.2) is 11.5 Å². The normalized spacial score (nSPS) is 12.6. The number of hydrogen-bond acceptors (Lipinski definition) is 6. The second kappa shape index (κ2) is 16.9. The fourth-order valence-corrected chi connectivity index (χ4v) is 11.8. The van der Waals surface area contributed by atoms with Crippen LogP contribution in [0.4, 0.5) is 0 Å². The number of hydrogen-bond donors (Lipinski definition) is 0. The minimum atomic E-state index is -0.285. The SMILES string of the molecule is CCCCCCCCOc1cc2nc3c4cc(Cl)c5c6c(Cl)cc7c(=O)n8c9cc(C)c(C)cc9nc8c8cc(Cl)c(c9c(Cl)cc(c(=O)n3c2cc1OCCCCCCCC)c4c95)c6c78. The Morgan fingerprint density at radius 3 is 1.29 bits per heavy atom. The molecular formula is C54H48Cl4N4O4. The predicted octanol–water partition coefficient (Wildman–Crippen LogP) is 16.0. The maximum atomic E-state index is 15.1. The Morgan fingerprint density at radius 2 is 0.818 bits per heavy atom. The molecule has 0 aliphatic carbocycles. The maximum absolute atomic E-state index is 15.1. The maximum Gasteiger partial charge on any atom is 0.264 e. The van der Waals surface area contributed by atoms with Gasteiger partial charge < -0.3 is 9.47 Å². The molecule has 4 heterocycles. The van der Waals surface area contributed by atoms with E-state index in [2.05, 4.69) is 13.8 Å². The van der Waals surface area contributed by atoms with Crippen LogP contribution >= 0.6 is 46.4 Å². The number of unbranched alkanes of at least 4 members (excludes halogenated alkanes) is 10. The molecule has 8 nitrogen and oxygen atoms in total. The Bertz CT molecular complexity index is 3860. The molecule has 11 rings (SSSR count). The number of pyridine rings is 2. The molecule has 66 heavy (non-hydrogen) atoms. The van der Waals surface area contributed by atoms with E-state index in [1.807, 2.05) is 50.2 Å². The summed E-state index contributed by atoms with van der Waals surface area (Å²) in [7, 11) is 0. The Labute approximate surface area is 400 Å². The Kier molecular flexibility index (Phi) is 11.1. The van der Waals surface area contributed by atoms with Gasteiger partial charge in [0.25, 0.3) is 11.1 Å². The quantitative estimate of drug-likeness (QED) is 0.0545. The largest absolute Gasteiger partial charge is 0.490 e. The molecule has 4 aromatic heterocycles. The molecule has 12 heteroatoms. The zero-order valence-corrected chi connectivity index (χ0v) is 40.5. The molecule has 7 aromatic carbocycles. The number of aryl methyl sites for hydroxylation is 2. The van der Waals surface area contributed by atoms with Crippen molar-refractivity contribution < 1.29 is 9.47 Å². The van der Waals surface area contributed by atoms with E-state index in [-0.39, 0.29) is 11.1 Å². The van der Waals surface area contributed by atoms with Gasteiger partial charge in [-0.25, -0.2) is 9.97 Å². The summed E-state index contributed by atoms with van der Waals surface area (Å²) in [5.41, 5.74) is 5.16. The molecule has 0 unspecified atom stereocenters. The van der Waals surface area contributed by atoms with Crippen LogP contribution in [0, 0.1) is 13.8 Å². The van der Waals surface area contributed by atoms with Gasteiger partial charge in [-0.2, -0.15) is 0 Å². The minimum Gasteiger partial charge on any atom is -0.490 e. The molecule has 0 N–H and O–H groups in total. The van der Waals surface area contributed by atoms with E-state index in [4.69, 9.17) is 65.8 Å². The van der Waals surface area contributed by atoms with E-state index in [0.717, 1.165) is 36.8 Å². The standard InChI is InChI=1S/C54H48Cl4N4O4/c1-5-7-9-11-13-15-17-65-41-25-38-40(26-42(41)66-18-16-14-12-10-8-6-2)62-52(60-38)30-22-34(56)46-47-35(57)23-31-43-29(51-59-37-19-27(3)28(4)20-39(37)61(51)53(31)63)21-33(55)45(49(43)47)48-36(58)24-32(54(62)64)44(30)50(46)48/h19-26H,5-18H2,1-4H3. The van der Waals surface area contributed by atoms with Crippen LogP contribution in [0.5, 0.6) is 11.5 Å². The van der Waals surface area contributed by atoms with Gasteiger partial charge in [-0.05, 0) is 74.2 Å². The van der Waals surface area contributed by atoms with E-state index < -0.39 is 0 Å². The zero-order chi connectivity index (χ0) is 45.7. The lowest BCUT2D eigenvalue weighted by atomic mass is 9.86. The lowest BCUT2D eigenvalue weighted by Crippen LogP contribution is -2.14. The number of benzene rings is 7. The van der Waals surface area contributed by atoms with Crippen molar-refractivity contribution in [2.24, 2.45) is 0 Å². The average molecular weight is 959 g/mol. The lowest BCUT2D eigenvalue weighted by Gasteiger charge is -2.21. The van der Waals surface area contributed by atoms with Gasteiger partial charge in [0.05, 0.1) is 46.1 Å². The van der Waals surface area contributed by atoms with E-state index in [1.165, 1.54) is 51.4 Å². The zero-order valence-electron chi connectivity index (χ0n) is 37.5. The average Bonchev–Trinajstić information content (AvgIpc) is 3.86. The summed E-state index contributed by atoms with van der Waals surface area (Å²) in [6, 6.07) is 15.0. The molecule has 0 saturated heterocycles. The Hall–Kier alpha value is -5.12. The summed E-state index contributed by atoms with van der Waals surface area (Å²) < 4.78 is 16.2. The molecule has 0 atom stereocenters. The topological polar surface area (TPSA) is 87.2 Å². The fourth-order valence-electron chi connectivity index (χ4n) is 10.6. The van der Waals surface area contributed by atoms with Crippen LogP contribution in [-0.4, -0.2) is 32.0 Å². The van der Waals surface area contributed by atoms with E-state index >= 15 is 4.79 Å². The first-order valence-electron chi connectivity index (χ1n) is 23.4. The first kappa shape index (κ1) is 43.5. The van der Waals surface area contributed by atoms with Gasteiger partial charge in [-0.15, -0.1) is 0 Å². The molecule has 0 fully saturated rings. The molecule has 11 aromatic rings. The third kappa shape index (κ3) is 6.60. The molecule has 0 saturated carbocycles. The third-order valence-corrected chi connectivity index (χ3v) is 15.2. The molecule has 0 aliphatic heterocycles. The molecule has 0 bridgehead atoms. The third-order valence-electron chi connectivity index (χ3n) is 14.0. The second-order valence-corrected chi connectivity index (χ2v) is 19.8. The second-order valence-electron chi connectivity index (χ2n) is 18.2. The van der Waals surface area contributed by atoms with Crippen molar-refractivity contribution in [1.29, 1.82) is 0 Å². The number of nitrogens with zero attached hydrogens (tertiary/aromatic N) is 4. The van der Waals surface area contributed by atoms with Crippen LogP contribution < -0.4 is 20.6 Å². The van der Waals surface area contributed by atoms with Crippen molar-refractivity contribution in [3.8, 4) is 11.5 Å². The van der Waals surface area contributed by atoms with Gasteiger partial charge in [0.2, 0.25) is 0 Å². The van der Waals surface area contributed by atoms with Crippen LogP contribution in [-0.2, 0) is 0 Å². The molecule has 0 radical (unpaired) electrons. The number of fused-ring (bicyclic) bond motifs is 10. The smallest absolute Gasteiger partial charge is 0.264 e. The van der Waals surface area contributed by atoms with Gasteiger partial charge >= 0.3 is 0 Å². The number of aromatic nitrogens is 4. The molecule has 336 valence electrons. The number of imidazole rings is 2. The van der Waals surface area contributed by atoms with Crippen molar-refractivity contribution in [1.82, 2.24) is 18.8 Å². The summed E-state index contributed by atoms with van der Waals surface area (Å²) >= 11 is 29.7. The van der Waals surface area contributed by atoms with Gasteiger partial charge in [0.1, 0.15) is 11.3 Å². The van der Waals surface area contributed by atoms with Crippen LogP contribution in [0.25, 0.3) is 98.0 Å². The predicted molar refractivity (Wildman–Crippen MR) is 277 cm³/mol. The first-order valence-corrected chi connectivity index (χ1v) is 24.9. The highest BCUT2D eigenvalue weighted by atomic mass is 35.5. The van der Waals surface area contributed by atoms with Crippen molar-refractivity contribution >= 4 is 144 Å². The monoisotopic (exact) mass is 956 g/mol. The fraction of sp³-hybridized carbons (Fsp3) is 0.333. The highest BCUT2D eigenvalue weighted by Crippen LogP contribution is 2.53. The van der Waals surface area contributed by atoms with Crippen molar-refractivity contribution in [3.63, 3.8) is 0 Å². The number of halogens is 4. The summed E-state index contributed by atoms with van der Waals surface area (Å²) in [6.07, 6.45) is 13.7. The first-order chi connectivity index (χ1) is 32.0. The highest BCUT2D eigenvalue weighted by molar-refractivity contribution is 6.56. The molecular weight excluding hydrogens is 910 g/mol. The van der Waals surface area contributed by atoms with Crippen LogP contribution in [0.2, 0.25) is 20.1 Å². The van der Waals surface area contributed by atoms with Crippen molar-refractivity contribution in [2.75, 3.05) is 13.2 Å². The number of ether oxygens (including phenoxy) is 2. The van der Waals surface area contributed by atoms with Crippen molar-refractivity contribution in [2.45, 2.75) is 105 Å². The summed E-state index contributed by atoms with van der Waals surface area (Å²) in [6.45, 7) is 9.59. The van der Waals surface area contributed by atoms with E-state index in [9.17, 15) is 4.79 Å². The van der Waals surface area contributed by atoms with Crippen LogP contribution in [0.15, 0.2) is 58.1 Å². The molecule has 0 amide bonds. The van der Waals surface area contributed by atoms with Gasteiger partial charge in [0, 0.05) is 86.1 Å².